The van der Waals surface area contributed by atoms with Gasteiger partial charge >= 0.3 is 12.6 Å². The smallest absolute Gasteiger partial charge is 0.387 e. The number of nitrogen functional groups attached to an aromatic ring is 1. The number of hydrogen-bond acceptors (Lipinski definition) is 6. The van der Waals surface area contributed by atoms with Crippen LogP contribution in [0.4, 0.5) is 19.4 Å². The zero-order chi connectivity index (χ0) is 25.0. The molecule has 0 saturated carbocycles. The molecule has 0 radical (unpaired) electrons. The summed E-state index contributed by atoms with van der Waals surface area (Å²) in [5.41, 5.74) is 7.66. The van der Waals surface area contributed by atoms with Crippen molar-refractivity contribution >= 4 is 23.4 Å². The van der Waals surface area contributed by atoms with Gasteiger partial charge in [0.2, 0.25) is 0 Å². The Morgan fingerprint density at radius 1 is 1.31 bits per heavy atom. The molecule has 3 N–H and O–H groups in total. The summed E-state index contributed by atoms with van der Waals surface area (Å²) in [6.07, 6.45) is 5.54. The molecule has 3 aromatic heterocycles. The van der Waals surface area contributed by atoms with Gasteiger partial charge in [-0.25, -0.2) is 9.78 Å². The number of nitrogens with two attached hydrogens (primary N) is 1. The van der Waals surface area contributed by atoms with Crippen molar-refractivity contribution in [3.63, 3.8) is 0 Å². The number of pyridine rings is 2. The van der Waals surface area contributed by atoms with E-state index >= 15 is 0 Å². The number of halogens is 3. The number of carbonyl (C=O) groups is 1. The fourth-order valence-electron chi connectivity index (χ4n) is 4.83. The Labute approximate surface area is 205 Å². The van der Waals surface area contributed by atoms with Crippen LogP contribution in [0.15, 0.2) is 36.8 Å². The zero-order valence-electron chi connectivity index (χ0n) is 19.1. The van der Waals surface area contributed by atoms with E-state index in [1.54, 1.807) is 23.4 Å². The van der Waals surface area contributed by atoms with Crippen molar-refractivity contribution < 1.29 is 18.3 Å². The largest absolute Gasteiger partial charge is 0.431 e. The number of rotatable bonds is 5. The minimum Gasteiger partial charge on any atom is -0.431 e. The van der Waals surface area contributed by atoms with Crippen molar-refractivity contribution in [2.75, 3.05) is 18.8 Å². The van der Waals surface area contributed by atoms with E-state index in [0.717, 1.165) is 17.7 Å². The fraction of sp³-hybridized carbons (Fsp3) is 0.391. The number of nitrogens with one attached hydrogen (secondary N) is 1. The number of hydrogen-bond donors (Lipinski definition) is 2. The number of likely N-dealkylation sites (tertiary alicyclic amines) is 1. The minimum atomic E-state index is -3.00. The highest BCUT2D eigenvalue weighted by Gasteiger charge is 2.52. The second kappa shape index (κ2) is 8.33. The van der Waals surface area contributed by atoms with E-state index in [1.165, 1.54) is 12.3 Å². The summed E-state index contributed by atoms with van der Waals surface area (Å²) in [6, 6.07) is 4.94. The standard InChI is InChI=1S/C23H24ClF2N7O2/c1-22(2,14-3-5-28-10-15(14)24)30-21(34)32-11-23(12-32)4-6-33-18(23)8-16(31-33)13-7-17(35-20(25)26)19(27)29-9-13/h3,5,7-10,20H,4,6,11-12H2,1-2H3,(H2,27,29)(H,30,34). The Balaban J connectivity index is 1.30. The number of anilines is 1. The van der Waals surface area contributed by atoms with Gasteiger partial charge in [-0.2, -0.15) is 13.9 Å². The van der Waals surface area contributed by atoms with E-state index in [0.29, 0.717) is 35.9 Å². The lowest BCUT2D eigenvalue weighted by Gasteiger charge is -2.48. The number of carbonyl (C=O) groups excluding carboxylic acids is 1. The van der Waals surface area contributed by atoms with Crippen molar-refractivity contribution in [2.24, 2.45) is 0 Å². The second-order valence-electron chi connectivity index (χ2n) is 9.42. The van der Waals surface area contributed by atoms with Crippen LogP contribution in [0.3, 0.4) is 0 Å². The Bertz CT molecular complexity index is 1290. The van der Waals surface area contributed by atoms with Crippen LogP contribution in [0, 0.1) is 0 Å². The van der Waals surface area contributed by atoms with Crippen molar-refractivity contribution in [1.29, 1.82) is 0 Å². The van der Waals surface area contributed by atoms with Crippen LogP contribution in [0.2, 0.25) is 5.02 Å². The molecular formula is C23H24ClF2N7O2. The van der Waals surface area contributed by atoms with Crippen LogP contribution in [-0.2, 0) is 17.5 Å². The van der Waals surface area contributed by atoms with Gasteiger partial charge in [0.05, 0.1) is 16.3 Å². The SMILES string of the molecule is CC(C)(NC(=O)N1CC2(CCn3nc(-c4cnc(N)c(OC(F)F)c4)cc32)C1)c1ccncc1Cl. The highest BCUT2D eigenvalue weighted by atomic mass is 35.5. The Kier molecular flexibility index (Phi) is 5.54. The average molecular weight is 504 g/mol. The molecule has 0 unspecified atom stereocenters. The Hall–Kier alpha value is -3.47. The van der Waals surface area contributed by atoms with Crippen LogP contribution in [0.25, 0.3) is 11.3 Å². The molecule has 9 nitrogen and oxygen atoms in total. The van der Waals surface area contributed by atoms with Crippen molar-refractivity contribution in [2.45, 2.75) is 44.4 Å². The lowest BCUT2D eigenvalue weighted by Crippen LogP contribution is -2.64. The van der Waals surface area contributed by atoms with Gasteiger partial charge in [0, 0.05) is 54.9 Å². The summed E-state index contributed by atoms with van der Waals surface area (Å²) in [5.74, 6) is -0.308. The predicted octanol–water partition coefficient (Wildman–Crippen LogP) is 3.78. The van der Waals surface area contributed by atoms with Crippen molar-refractivity contribution in [3.8, 4) is 17.0 Å². The van der Waals surface area contributed by atoms with Gasteiger partial charge in [0.25, 0.3) is 0 Å². The molecule has 5 rings (SSSR count). The Morgan fingerprint density at radius 2 is 2.09 bits per heavy atom. The maximum Gasteiger partial charge on any atom is 0.387 e. The third-order valence-corrected chi connectivity index (χ3v) is 6.96. The number of nitrogens with zero attached hydrogens (tertiary/aromatic N) is 5. The number of aryl methyl sites for hydroxylation is 1. The summed E-state index contributed by atoms with van der Waals surface area (Å²) in [7, 11) is 0. The molecule has 1 spiro atoms. The molecule has 0 aromatic carbocycles. The number of alkyl halides is 2. The topological polar surface area (TPSA) is 111 Å². The molecule has 35 heavy (non-hydrogen) atoms. The molecule has 184 valence electrons. The molecule has 12 heteroatoms. The van der Waals surface area contributed by atoms with Crippen LogP contribution in [0.1, 0.15) is 31.5 Å². The normalized spacial score (nSPS) is 16.3. The predicted molar refractivity (Wildman–Crippen MR) is 125 cm³/mol. The van der Waals surface area contributed by atoms with Crippen LogP contribution >= 0.6 is 11.6 Å². The maximum absolute atomic E-state index is 13.0. The number of fused-ring (bicyclic) bond motifs is 2. The van der Waals surface area contributed by atoms with Gasteiger partial charge in [-0.1, -0.05) is 11.6 Å². The van der Waals surface area contributed by atoms with Crippen LogP contribution in [-0.4, -0.2) is 50.4 Å². The summed E-state index contributed by atoms with van der Waals surface area (Å²) in [4.78, 5) is 22.7. The lowest BCUT2D eigenvalue weighted by molar-refractivity contribution is -0.0494. The minimum absolute atomic E-state index is 0.117. The van der Waals surface area contributed by atoms with Gasteiger partial charge in [-0.3, -0.25) is 9.67 Å². The monoisotopic (exact) mass is 503 g/mol. The van der Waals surface area contributed by atoms with E-state index in [1.807, 2.05) is 24.6 Å². The van der Waals surface area contributed by atoms with Gasteiger partial charge in [-0.05, 0) is 44.0 Å². The summed E-state index contributed by atoms with van der Waals surface area (Å²) >= 11 is 6.28. The zero-order valence-corrected chi connectivity index (χ0v) is 19.9. The number of ether oxygens (including phenoxy) is 1. The van der Waals surface area contributed by atoms with Gasteiger partial charge < -0.3 is 20.7 Å². The molecule has 2 aliphatic rings. The van der Waals surface area contributed by atoms with E-state index < -0.39 is 12.2 Å². The highest BCUT2D eigenvalue weighted by molar-refractivity contribution is 6.31. The van der Waals surface area contributed by atoms with E-state index in [-0.39, 0.29) is 23.0 Å². The number of aromatic nitrogens is 4. The van der Waals surface area contributed by atoms with Crippen molar-refractivity contribution in [3.05, 3.63) is 53.1 Å². The molecule has 5 heterocycles. The summed E-state index contributed by atoms with van der Waals surface area (Å²) in [6.45, 7) is 2.58. The molecule has 0 aliphatic carbocycles. The summed E-state index contributed by atoms with van der Waals surface area (Å²) < 4.78 is 31.7. The van der Waals surface area contributed by atoms with Gasteiger partial charge in [0.1, 0.15) is 0 Å². The number of amides is 2. The first-order chi connectivity index (χ1) is 16.6. The number of urea groups is 1. The van der Waals surface area contributed by atoms with Gasteiger partial charge in [0.15, 0.2) is 11.6 Å². The third-order valence-electron chi connectivity index (χ3n) is 6.66. The first-order valence-corrected chi connectivity index (χ1v) is 11.4. The lowest BCUT2D eigenvalue weighted by atomic mass is 9.76. The van der Waals surface area contributed by atoms with Crippen LogP contribution < -0.4 is 15.8 Å². The summed E-state index contributed by atoms with van der Waals surface area (Å²) in [5, 5.41) is 8.17. The molecule has 0 bridgehead atoms. The fourth-order valence-corrected chi connectivity index (χ4v) is 5.19. The molecule has 2 aliphatic heterocycles. The second-order valence-corrected chi connectivity index (χ2v) is 9.83. The van der Waals surface area contributed by atoms with Gasteiger partial charge in [-0.15, -0.1) is 0 Å². The van der Waals surface area contributed by atoms with E-state index in [4.69, 9.17) is 17.3 Å². The molecule has 1 saturated heterocycles. The quantitative estimate of drug-likeness (QED) is 0.548. The Morgan fingerprint density at radius 3 is 2.80 bits per heavy atom. The average Bonchev–Trinajstić information content (AvgIpc) is 3.33. The van der Waals surface area contributed by atoms with Crippen LogP contribution in [0.5, 0.6) is 5.75 Å². The molecule has 0 atom stereocenters. The molecule has 2 amide bonds. The molecule has 3 aromatic rings. The molecular weight excluding hydrogens is 480 g/mol. The van der Waals surface area contributed by atoms with E-state index in [9.17, 15) is 13.6 Å². The van der Waals surface area contributed by atoms with E-state index in [2.05, 4.69) is 25.1 Å². The van der Waals surface area contributed by atoms with Crippen molar-refractivity contribution in [1.82, 2.24) is 30.0 Å². The first-order valence-electron chi connectivity index (χ1n) is 11.0. The third kappa shape index (κ3) is 4.13. The maximum atomic E-state index is 13.0. The highest BCUT2D eigenvalue weighted by Crippen LogP contribution is 2.44. The first kappa shape index (κ1) is 23.3. The molecule has 1 fully saturated rings.